The number of rotatable bonds is 3. The maximum absolute atomic E-state index is 13.0. The number of hydrogen-bond donors (Lipinski definition) is 4. The molecule has 4 N–H and O–H groups in total. The summed E-state index contributed by atoms with van der Waals surface area (Å²) in [4.78, 5) is 13.0. The summed E-state index contributed by atoms with van der Waals surface area (Å²) in [6, 6.07) is 0. The predicted molar refractivity (Wildman–Crippen MR) is 159 cm³/mol. The average molecular weight is 589 g/mol. The minimum absolute atomic E-state index is 0.00660. The first-order valence-electron chi connectivity index (χ1n) is 16.8. The van der Waals surface area contributed by atoms with Gasteiger partial charge in [-0.3, -0.25) is 4.79 Å². The molecule has 0 bridgehead atoms. The molecule has 6 aliphatic rings. The van der Waals surface area contributed by atoms with Crippen molar-refractivity contribution in [1.82, 2.24) is 0 Å². The standard InChI is InChI=1S/C35H56O7/c1-19-10-15-35(30(39)40)17-16-33(6)21(26(35)20(19)2)8-9-24-32(5)13-12-25(31(3,4)23(32)11-14-34(24,33)7)42-29-28(38)27(37)22(36)18-41-29/h8,19-20,22-29,36-38H,9-18H2,1-7H3,(H,39,40)/t19-,20+,22+,23+,24-,25+,26+,27+,28-,29+,32+,33-,34-,35+/m1/s1. The Kier molecular flexibility index (Phi) is 7.39. The lowest BCUT2D eigenvalue weighted by Gasteiger charge is -2.71. The summed E-state index contributed by atoms with van der Waals surface area (Å²) in [5, 5.41) is 41.4. The number of carboxylic acid groups (broad SMARTS) is 1. The zero-order valence-corrected chi connectivity index (χ0v) is 26.9. The topological polar surface area (TPSA) is 116 Å². The second kappa shape index (κ2) is 10.0. The van der Waals surface area contributed by atoms with Gasteiger partial charge in [-0.15, -0.1) is 0 Å². The van der Waals surface area contributed by atoms with Crippen LogP contribution in [-0.4, -0.2) is 63.7 Å². The van der Waals surface area contributed by atoms with Gasteiger partial charge in [-0.05, 0) is 109 Å². The minimum atomic E-state index is -1.27. The molecule has 0 aromatic carbocycles. The highest BCUT2D eigenvalue weighted by Crippen LogP contribution is 2.76. The molecule has 7 nitrogen and oxygen atoms in total. The van der Waals surface area contributed by atoms with E-state index in [2.05, 4.69) is 54.5 Å². The lowest BCUT2D eigenvalue weighted by atomic mass is 9.33. The van der Waals surface area contributed by atoms with Crippen LogP contribution in [0.15, 0.2) is 11.6 Å². The van der Waals surface area contributed by atoms with E-state index in [0.29, 0.717) is 23.7 Å². The molecule has 0 spiro atoms. The van der Waals surface area contributed by atoms with Crippen LogP contribution in [0, 0.1) is 56.7 Å². The second-order valence-corrected chi connectivity index (χ2v) is 16.8. The number of aliphatic hydroxyl groups excluding tert-OH is 3. The smallest absolute Gasteiger partial charge is 0.310 e. The second-order valence-electron chi connectivity index (χ2n) is 16.8. The van der Waals surface area contributed by atoms with E-state index in [4.69, 9.17) is 9.47 Å². The molecule has 0 radical (unpaired) electrons. The van der Waals surface area contributed by atoms with Gasteiger partial charge in [-0.2, -0.15) is 0 Å². The van der Waals surface area contributed by atoms with Crippen LogP contribution >= 0.6 is 0 Å². The first-order valence-corrected chi connectivity index (χ1v) is 16.8. The molecule has 7 heteroatoms. The monoisotopic (exact) mass is 588 g/mol. The quantitative estimate of drug-likeness (QED) is 0.252. The third-order valence-corrected chi connectivity index (χ3v) is 15.1. The fraction of sp³-hybridized carbons (Fsp3) is 0.914. The van der Waals surface area contributed by atoms with Crippen LogP contribution in [0.5, 0.6) is 0 Å². The van der Waals surface area contributed by atoms with Crippen LogP contribution in [0.3, 0.4) is 0 Å². The van der Waals surface area contributed by atoms with Crippen LogP contribution in [0.2, 0.25) is 0 Å². The van der Waals surface area contributed by atoms with Crippen molar-refractivity contribution in [2.45, 2.75) is 137 Å². The van der Waals surface area contributed by atoms with Crippen molar-refractivity contribution in [2.24, 2.45) is 56.7 Å². The van der Waals surface area contributed by atoms with E-state index in [1.54, 1.807) is 0 Å². The van der Waals surface area contributed by atoms with E-state index in [1.165, 1.54) is 5.57 Å². The molecule has 6 rings (SSSR count). The van der Waals surface area contributed by atoms with Crippen molar-refractivity contribution < 1.29 is 34.7 Å². The molecule has 0 aromatic heterocycles. The molecule has 4 saturated carbocycles. The number of allylic oxidation sites excluding steroid dienone is 2. The Morgan fingerprint density at radius 1 is 0.905 bits per heavy atom. The number of fused-ring (bicyclic) bond motifs is 7. The number of aliphatic hydroxyl groups is 3. The zero-order chi connectivity index (χ0) is 30.6. The summed E-state index contributed by atoms with van der Waals surface area (Å²) in [6.07, 6.45) is 6.46. The summed E-state index contributed by atoms with van der Waals surface area (Å²) >= 11 is 0. The van der Waals surface area contributed by atoms with Crippen LogP contribution in [0.1, 0.15) is 106 Å². The molecule has 1 aliphatic heterocycles. The van der Waals surface area contributed by atoms with Crippen LogP contribution in [0.4, 0.5) is 0 Å². The highest BCUT2D eigenvalue weighted by atomic mass is 16.7. The van der Waals surface area contributed by atoms with Gasteiger partial charge in [0.2, 0.25) is 0 Å². The summed E-state index contributed by atoms with van der Waals surface area (Å²) in [5.74, 6) is 1.38. The Bertz CT molecular complexity index is 1120. The SMILES string of the molecule is C[C@H]1[C@H](C)CC[C@]2(C(=O)O)CC[C@]3(C)C(=CC[C@@H]4[C@@]5(C)CC[C@H](O[C@@H]6OC[C@H](O)[C@H](O)[C@H]6O)C(C)(C)[C@@H]5CC[C@]43C)[C@H]12. The van der Waals surface area contributed by atoms with E-state index in [9.17, 15) is 25.2 Å². The van der Waals surface area contributed by atoms with E-state index >= 15 is 0 Å². The Balaban J connectivity index is 1.31. The summed E-state index contributed by atoms with van der Waals surface area (Å²) in [6.45, 7) is 16.8. The molecular weight excluding hydrogens is 532 g/mol. The van der Waals surface area contributed by atoms with Crippen molar-refractivity contribution in [3.8, 4) is 0 Å². The zero-order valence-electron chi connectivity index (χ0n) is 26.9. The van der Waals surface area contributed by atoms with Crippen molar-refractivity contribution in [3.05, 3.63) is 11.6 Å². The summed E-state index contributed by atoms with van der Waals surface area (Å²) in [7, 11) is 0. The molecule has 14 atom stereocenters. The number of aliphatic carboxylic acids is 1. The van der Waals surface area contributed by atoms with Gasteiger partial charge in [-0.1, -0.05) is 60.1 Å². The normalized spacial score (nSPS) is 55.3. The Labute approximate surface area is 252 Å². The Morgan fingerprint density at radius 2 is 1.62 bits per heavy atom. The predicted octanol–water partition coefficient (Wildman–Crippen LogP) is 5.55. The van der Waals surface area contributed by atoms with Gasteiger partial charge in [-0.25, -0.2) is 0 Å². The van der Waals surface area contributed by atoms with E-state index < -0.39 is 36.0 Å². The van der Waals surface area contributed by atoms with E-state index in [-0.39, 0.29) is 40.3 Å². The largest absolute Gasteiger partial charge is 0.481 e. The number of carboxylic acids is 1. The fourth-order valence-electron chi connectivity index (χ4n) is 12.1. The third kappa shape index (κ3) is 3.98. The van der Waals surface area contributed by atoms with Gasteiger partial charge in [0, 0.05) is 0 Å². The van der Waals surface area contributed by atoms with Crippen LogP contribution < -0.4 is 0 Å². The van der Waals surface area contributed by atoms with Gasteiger partial charge in [0.05, 0.1) is 18.1 Å². The Morgan fingerprint density at radius 3 is 2.31 bits per heavy atom. The molecule has 0 aromatic rings. The van der Waals surface area contributed by atoms with Gasteiger partial charge in [0.1, 0.15) is 18.3 Å². The van der Waals surface area contributed by atoms with Crippen molar-refractivity contribution in [2.75, 3.05) is 6.61 Å². The molecular formula is C35H56O7. The van der Waals surface area contributed by atoms with E-state index in [1.807, 2.05) is 0 Å². The van der Waals surface area contributed by atoms with Gasteiger partial charge >= 0.3 is 5.97 Å². The van der Waals surface area contributed by atoms with Crippen LogP contribution in [0.25, 0.3) is 0 Å². The molecule has 5 aliphatic carbocycles. The maximum Gasteiger partial charge on any atom is 0.310 e. The molecule has 42 heavy (non-hydrogen) atoms. The maximum atomic E-state index is 13.0. The fourth-order valence-corrected chi connectivity index (χ4v) is 12.1. The Hall–Kier alpha value is -0.990. The molecule has 0 amide bonds. The summed E-state index contributed by atoms with van der Waals surface area (Å²) in [5.41, 5.74) is 0.885. The van der Waals surface area contributed by atoms with E-state index in [0.717, 1.165) is 57.8 Å². The minimum Gasteiger partial charge on any atom is -0.481 e. The lowest BCUT2D eigenvalue weighted by Crippen LogP contribution is -2.66. The van der Waals surface area contributed by atoms with Gasteiger partial charge in [0.25, 0.3) is 0 Å². The third-order valence-electron chi connectivity index (χ3n) is 15.1. The molecule has 5 fully saturated rings. The first kappa shape index (κ1) is 31.0. The number of hydrogen-bond acceptors (Lipinski definition) is 6. The van der Waals surface area contributed by atoms with Crippen molar-refractivity contribution in [3.63, 3.8) is 0 Å². The number of ether oxygens (including phenoxy) is 2. The lowest BCUT2D eigenvalue weighted by molar-refractivity contribution is -0.308. The van der Waals surface area contributed by atoms with Crippen molar-refractivity contribution >= 4 is 5.97 Å². The highest BCUT2D eigenvalue weighted by molar-refractivity contribution is 5.76. The molecule has 0 unspecified atom stereocenters. The van der Waals surface area contributed by atoms with Crippen molar-refractivity contribution in [1.29, 1.82) is 0 Å². The highest BCUT2D eigenvalue weighted by Gasteiger charge is 2.69. The van der Waals surface area contributed by atoms with Gasteiger partial charge < -0.3 is 29.9 Å². The average Bonchev–Trinajstić information content (AvgIpc) is 2.92. The van der Waals surface area contributed by atoms with Crippen LogP contribution in [-0.2, 0) is 14.3 Å². The number of carbonyl (C=O) groups is 1. The molecule has 238 valence electrons. The molecule has 1 saturated heterocycles. The van der Waals surface area contributed by atoms with Gasteiger partial charge in [0.15, 0.2) is 6.29 Å². The molecule has 1 heterocycles. The first-order chi connectivity index (χ1) is 19.5. The summed E-state index contributed by atoms with van der Waals surface area (Å²) < 4.78 is 12.1.